The Kier molecular flexibility index (Phi) is 4.32. The molecule has 2 aromatic carbocycles. The highest BCUT2D eigenvalue weighted by Crippen LogP contribution is 2.40. The number of halogens is 2. The Morgan fingerprint density at radius 3 is 2.88 bits per heavy atom. The SMILES string of the molecule is CCCc1cc(=O)oc2c3c(c(Cl)cc12)OCN(c1cccc(F)c1)C3. The first kappa shape index (κ1) is 16.9. The number of hydrogen-bond donors (Lipinski definition) is 0. The van der Waals surface area contributed by atoms with Gasteiger partial charge in [0.15, 0.2) is 6.73 Å². The third kappa shape index (κ3) is 2.92. The van der Waals surface area contributed by atoms with Crippen molar-refractivity contribution in [2.45, 2.75) is 26.3 Å². The molecule has 26 heavy (non-hydrogen) atoms. The molecule has 2 heterocycles. The molecule has 0 aliphatic carbocycles. The maximum absolute atomic E-state index is 13.6. The number of nitrogens with zero attached hydrogens (tertiary/aromatic N) is 1. The molecule has 0 saturated heterocycles. The molecule has 0 bridgehead atoms. The Hall–Kier alpha value is -2.53. The van der Waals surface area contributed by atoms with Crippen LogP contribution in [0.3, 0.4) is 0 Å². The molecule has 0 saturated carbocycles. The third-order valence-corrected chi connectivity index (χ3v) is 4.81. The van der Waals surface area contributed by atoms with Crippen LogP contribution in [0.2, 0.25) is 5.02 Å². The molecule has 134 valence electrons. The van der Waals surface area contributed by atoms with Gasteiger partial charge < -0.3 is 14.1 Å². The number of fused-ring (bicyclic) bond motifs is 3. The van der Waals surface area contributed by atoms with Gasteiger partial charge in [-0.05, 0) is 36.2 Å². The first-order valence-corrected chi connectivity index (χ1v) is 8.86. The van der Waals surface area contributed by atoms with Crippen LogP contribution < -0.4 is 15.3 Å². The van der Waals surface area contributed by atoms with Crippen molar-refractivity contribution in [1.29, 1.82) is 0 Å². The summed E-state index contributed by atoms with van der Waals surface area (Å²) in [7, 11) is 0. The topological polar surface area (TPSA) is 42.7 Å². The van der Waals surface area contributed by atoms with E-state index >= 15 is 0 Å². The first-order chi connectivity index (χ1) is 12.6. The molecule has 1 aliphatic heterocycles. The Morgan fingerprint density at radius 1 is 1.27 bits per heavy atom. The van der Waals surface area contributed by atoms with Crippen LogP contribution in [0.5, 0.6) is 5.75 Å². The molecule has 0 spiro atoms. The lowest BCUT2D eigenvalue weighted by Gasteiger charge is -2.31. The minimum absolute atomic E-state index is 0.237. The smallest absolute Gasteiger partial charge is 0.336 e. The quantitative estimate of drug-likeness (QED) is 0.613. The molecule has 6 heteroatoms. The fourth-order valence-electron chi connectivity index (χ4n) is 3.37. The summed E-state index contributed by atoms with van der Waals surface area (Å²) < 4.78 is 24.9. The van der Waals surface area contributed by atoms with E-state index in [-0.39, 0.29) is 12.5 Å². The van der Waals surface area contributed by atoms with Crippen LogP contribution in [-0.2, 0) is 13.0 Å². The summed E-state index contributed by atoms with van der Waals surface area (Å²) >= 11 is 6.43. The average molecular weight is 374 g/mol. The van der Waals surface area contributed by atoms with Gasteiger partial charge in [-0.1, -0.05) is 31.0 Å². The molecule has 0 fully saturated rings. The van der Waals surface area contributed by atoms with Crippen LogP contribution >= 0.6 is 11.6 Å². The third-order valence-electron chi connectivity index (χ3n) is 4.53. The summed E-state index contributed by atoms with van der Waals surface area (Å²) in [6.45, 7) is 2.70. The van der Waals surface area contributed by atoms with Gasteiger partial charge in [0.05, 0.1) is 17.1 Å². The van der Waals surface area contributed by atoms with Crippen molar-refractivity contribution in [3.8, 4) is 5.75 Å². The lowest BCUT2D eigenvalue weighted by molar-refractivity contribution is 0.289. The summed E-state index contributed by atoms with van der Waals surface area (Å²) in [6, 6.07) is 9.60. The molecule has 0 amide bonds. The predicted molar refractivity (Wildman–Crippen MR) is 99.6 cm³/mol. The molecule has 0 unspecified atom stereocenters. The van der Waals surface area contributed by atoms with Gasteiger partial charge in [0, 0.05) is 17.1 Å². The van der Waals surface area contributed by atoms with Crippen LogP contribution in [0.1, 0.15) is 24.5 Å². The minimum atomic E-state index is -0.395. The van der Waals surface area contributed by atoms with Gasteiger partial charge in [0.2, 0.25) is 0 Å². The largest absolute Gasteiger partial charge is 0.471 e. The summed E-state index contributed by atoms with van der Waals surface area (Å²) in [6.07, 6.45) is 1.66. The van der Waals surface area contributed by atoms with Crippen molar-refractivity contribution in [2.24, 2.45) is 0 Å². The van der Waals surface area contributed by atoms with Crippen LogP contribution in [0.25, 0.3) is 11.0 Å². The highest BCUT2D eigenvalue weighted by Gasteiger charge is 2.25. The standard InChI is InChI=1S/C20H17ClFNO3/c1-2-4-12-7-18(24)26-19-15(12)9-17(21)20-16(19)10-23(11-25-20)14-6-3-5-13(22)8-14/h3,5-9H,2,4,10-11H2,1H3. The zero-order chi connectivity index (χ0) is 18.3. The van der Waals surface area contributed by atoms with Gasteiger partial charge in [-0.15, -0.1) is 0 Å². The highest BCUT2D eigenvalue weighted by molar-refractivity contribution is 6.33. The van der Waals surface area contributed by atoms with Gasteiger partial charge in [-0.3, -0.25) is 0 Å². The lowest BCUT2D eigenvalue weighted by Crippen LogP contribution is -2.32. The molecular formula is C20H17ClFNO3. The molecular weight excluding hydrogens is 357 g/mol. The Morgan fingerprint density at radius 2 is 2.12 bits per heavy atom. The maximum Gasteiger partial charge on any atom is 0.336 e. The summed E-state index contributed by atoms with van der Waals surface area (Å²) in [5, 5.41) is 1.30. The summed E-state index contributed by atoms with van der Waals surface area (Å²) in [5.41, 5.74) is 2.40. The second-order valence-electron chi connectivity index (χ2n) is 6.33. The monoisotopic (exact) mass is 373 g/mol. The van der Waals surface area contributed by atoms with E-state index in [0.717, 1.165) is 23.8 Å². The second-order valence-corrected chi connectivity index (χ2v) is 6.74. The van der Waals surface area contributed by atoms with E-state index in [2.05, 4.69) is 6.92 Å². The van der Waals surface area contributed by atoms with E-state index in [1.165, 1.54) is 18.2 Å². The number of ether oxygens (including phenoxy) is 1. The van der Waals surface area contributed by atoms with E-state index in [1.54, 1.807) is 12.1 Å². The average Bonchev–Trinajstić information content (AvgIpc) is 2.63. The Labute approximate surface area is 154 Å². The Bertz CT molecular complexity index is 1050. The van der Waals surface area contributed by atoms with E-state index in [0.29, 0.717) is 34.2 Å². The molecule has 0 radical (unpaired) electrons. The van der Waals surface area contributed by atoms with Gasteiger partial charge in [-0.2, -0.15) is 0 Å². The lowest BCUT2D eigenvalue weighted by atomic mass is 10.0. The van der Waals surface area contributed by atoms with Gasteiger partial charge in [0.25, 0.3) is 0 Å². The molecule has 1 aliphatic rings. The first-order valence-electron chi connectivity index (χ1n) is 8.48. The van der Waals surface area contributed by atoms with Gasteiger partial charge in [-0.25, -0.2) is 9.18 Å². The van der Waals surface area contributed by atoms with Gasteiger partial charge in [0.1, 0.15) is 17.1 Å². The fourth-order valence-corrected chi connectivity index (χ4v) is 3.64. The normalized spacial score (nSPS) is 13.6. The van der Waals surface area contributed by atoms with E-state index < -0.39 is 5.63 Å². The van der Waals surface area contributed by atoms with Crippen molar-refractivity contribution in [3.05, 3.63) is 68.8 Å². The molecule has 0 atom stereocenters. The van der Waals surface area contributed by atoms with Gasteiger partial charge >= 0.3 is 5.63 Å². The summed E-state index contributed by atoms with van der Waals surface area (Å²) in [4.78, 5) is 13.9. The predicted octanol–water partition coefficient (Wildman–Crippen LogP) is 4.89. The van der Waals surface area contributed by atoms with E-state index in [1.807, 2.05) is 11.0 Å². The minimum Gasteiger partial charge on any atom is -0.471 e. The van der Waals surface area contributed by atoms with Crippen LogP contribution in [0.4, 0.5) is 10.1 Å². The zero-order valence-electron chi connectivity index (χ0n) is 14.2. The number of hydrogen-bond acceptors (Lipinski definition) is 4. The molecule has 0 N–H and O–H groups in total. The number of aryl methyl sites for hydroxylation is 1. The van der Waals surface area contributed by atoms with E-state index in [9.17, 15) is 9.18 Å². The van der Waals surface area contributed by atoms with Crippen molar-refractivity contribution in [3.63, 3.8) is 0 Å². The van der Waals surface area contributed by atoms with Crippen molar-refractivity contribution in [2.75, 3.05) is 11.6 Å². The van der Waals surface area contributed by atoms with Crippen molar-refractivity contribution in [1.82, 2.24) is 0 Å². The number of benzene rings is 2. The summed E-state index contributed by atoms with van der Waals surface area (Å²) in [5.74, 6) is 0.199. The molecule has 1 aromatic heterocycles. The number of rotatable bonds is 3. The van der Waals surface area contributed by atoms with Crippen LogP contribution in [0, 0.1) is 5.82 Å². The highest BCUT2D eigenvalue weighted by atomic mass is 35.5. The molecule has 4 rings (SSSR count). The molecule has 3 aromatic rings. The zero-order valence-corrected chi connectivity index (χ0v) is 15.0. The second kappa shape index (κ2) is 6.65. The maximum atomic E-state index is 13.6. The Balaban J connectivity index is 1.87. The molecule has 4 nitrogen and oxygen atoms in total. The fraction of sp³-hybridized carbons (Fsp3) is 0.250. The van der Waals surface area contributed by atoms with E-state index in [4.69, 9.17) is 20.8 Å². The van der Waals surface area contributed by atoms with Crippen molar-refractivity contribution >= 4 is 28.3 Å². The van der Waals surface area contributed by atoms with Crippen LogP contribution in [-0.4, -0.2) is 6.73 Å². The van der Waals surface area contributed by atoms with Crippen molar-refractivity contribution < 1.29 is 13.5 Å². The number of anilines is 1. The van der Waals surface area contributed by atoms with Crippen LogP contribution in [0.15, 0.2) is 45.6 Å².